The molecule has 3 rings (SSSR count). The molecule has 1 N–H and O–H groups in total. The minimum Gasteiger partial charge on any atom is -0.366 e. The Bertz CT molecular complexity index is 651. The van der Waals surface area contributed by atoms with E-state index in [1.54, 1.807) is 17.5 Å². The number of halogens is 1. The largest absolute Gasteiger partial charge is 0.366 e. The molecule has 0 saturated carbocycles. The third-order valence-corrected chi connectivity index (χ3v) is 5.10. The van der Waals surface area contributed by atoms with Crippen molar-refractivity contribution in [2.75, 3.05) is 31.1 Å². The van der Waals surface area contributed by atoms with Gasteiger partial charge in [-0.05, 0) is 6.92 Å². The van der Waals surface area contributed by atoms with Crippen molar-refractivity contribution in [2.24, 2.45) is 0 Å². The molecular formula is C13H16ClN5OS. The molecule has 0 radical (unpaired) electrons. The van der Waals surface area contributed by atoms with E-state index in [0.717, 1.165) is 31.2 Å². The van der Waals surface area contributed by atoms with Crippen molar-refractivity contribution in [1.29, 1.82) is 0 Å². The van der Waals surface area contributed by atoms with Crippen LogP contribution in [0.4, 0.5) is 5.69 Å². The standard InChI is InChI=1S/C13H16ClN5OS/c1-9(13-15-2-7-21-13)18-3-5-19(6-4-18)10-8-16-17-12(20)11(10)14/h2,7-9H,3-6H2,1H3,(H,17,20). The normalized spacial score (nSPS) is 17.9. The first-order valence-corrected chi connectivity index (χ1v) is 8.04. The van der Waals surface area contributed by atoms with Crippen LogP contribution < -0.4 is 10.5 Å². The molecule has 112 valence electrons. The second-order valence-electron chi connectivity index (χ2n) is 4.97. The Morgan fingerprint density at radius 3 is 2.81 bits per heavy atom. The molecule has 0 bridgehead atoms. The molecule has 1 unspecified atom stereocenters. The first-order valence-electron chi connectivity index (χ1n) is 6.78. The summed E-state index contributed by atoms with van der Waals surface area (Å²) < 4.78 is 0. The van der Waals surface area contributed by atoms with Gasteiger partial charge in [0, 0.05) is 37.8 Å². The first kappa shape index (κ1) is 14.5. The van der Waals surface area contributed by atoms with E-state index in [1.807, 2.05) is 11.6 Å². The van der Waals surface area contributed by atoms with Gasteiger partial charge in [0.15, 0.2) is 0 Å². The number of nitrogens with one attached hydrogen (secondary N) is 1. The fourth-order valence-corrected chi connectivity index (χ4v) is 3.48. The minimum absolute atomic E-state index is 0.214. The second kappa shape index (κ2) is 6.13. The highest BCUT2D eigenvalue weighted by Gasteiger charge is 2.25. The van der Waals surface area contributed by atoms with Crippen LogP contribution in [0.2, 0.25) is 5.02 Å². The number of thiazole rings is 1. The molecule has 6 nitrogen and oxygen atoms in total. The van der Waals surface area contributed by atoms with Gasteiger partial charge in [0.05, 0.1) is 17.9 Å². The van der Waals surface area contributed by atoms with Crippen molar-refractivity contribution in [3.63, 3.8) is 0 Å². The van der Waals surface area contributed by atoms with Gasteiger partial charge >= 0.3 is 0 Å². The third-order valence-electron chi connectivity index (χ3n) is 3.79. The monoisotopic (exact) mass is 325 g/mol. The number of hydrogen-bond acceptors (Lipinski definition) is 6. The van der Waals surface area contributed by atoms with Crippen LogP contribution in [0.15, 0.2) is 22.6 Å². The predicted molar refractivity (Wildman–Crippen MR) is 84.2 cm³/mol. The molecule has 3 heterocycles. The highest BCUT2D eigenvalue weighted by atomic mass is 35.5. The van der Waals surface area contributed by atoms with E-state index < -0.39 is 0 Å². The highest BCUT2D eigenvalue weighted by Crippen LogP contribution is 2.26. The predicted octanol–water partition coefficient (Wildman–Crippen LogP) is 1.76. The van der Waals surface area contributed by atoms with Crippen LogP contribution in [-0.4, -0.2) is 46.3 Å². The van der Waals surface area contributed by atoms with Crippen molar-refractivity contribution in [1.82, 2.24) is 20.1 Å². The smallest absolute Gasteiger partial charge is 0.285 e. The zero-order valence-electron chi connectivity index (χ0n) is 11.6. The summed E-state index contributed by atoms with van der Waals surface area (Å²) in [7, 11) is 0. The summed E-state index contributed by atoms with van der Waals surface area (Å²) in [5, 5.41) is 9.53. The molecule has 1 fully saturated rings. The van der Waals surface area contributed by atoms with Crippen LogP contribution in [0, 0.1) is 0 Å². The quantitative estimate of drug-likeness (QED) is 0.931. The highest BCUT2D eigenvalue weighted by molar-refractivity contribution is 7.09. The maximum atomic E-state index is 11.5. The van der Waals surface area contributed by atoms with E-state index in [9.17, 15) is 4.79 Å². The van der Waals surface area contributed by atoms with E-state index in [1.165, 1.54) is 0 Å². The van der Waals surface area contributed by atoms with Gasteiger partial charge in [0.1, 0.15) is 10.0 Å². The Kier molecular flexibility index (Phi) is 4.23. The van der Waals surface area contributed by atoms with E-state index in [-0.39, 0.29) is 10.6 Å². The summed E-state index contributed by atoms with van der Waals surface area (Å²) in [5.74, 6) is 0. The molecule has 1 aliphatic rings. The third kappa shape index (κ3) is 2.95. The lowest BCUT2D eigenvalue weighted by Gasteiger charge is -2.38. The van der Waals surface area contributed by atoms with Crippen molar-refractivity contribution in [3.8, 4) is 0 Å². The van der Waals surface area contributed by atoms with Crippen molar-refractivity contribution < 1.29 is 0 Å². The number of aromatic nitrogens is 3. The minimum atomic E-state index is -0.340. The van der Waals surface area contributed by atoms with E-state index in [0.29, 0.717) is 11.7 Å². The second-order valence-corrected chi connectivity index (χ2v) is 6.27. The molecule has 2 aromatic heterocycles. The molecule has 1 atom stereocenters. The van der Waals surface area contributed by atoms with Crippen molar-refractivity contribution in [2.45, 2.75) is 13.0 Å². The molecule has 8 heteroatoms. The molecule has 0 aromatic carbocycles. The summed E-state index contributed by atoms with van der Waals surface area (Å²) in [6.07, 6.45) is 3.46. The topological polar surface area (TPSA) is 65.1 Å². The summed E-state index contributed by atoms with van der Waals surface area (Å²) in [6, 6.07) is 0.319. The summed E-state index contributed by atoms with van der Waals surface area (Å²) >= 11 is 7.74. The van der Waals surface area contributed by atoms with Gasteiger partial charge in [0.2, 0.25) is 0 Å². The average Bonchev–Trinajstić information content (AvgIpc) is 3.04. The molecular weight excluding hydrogens is 310 g/mol. The Balaban J connectivity index is 1.68. The molecule has 21 heavy (non-hydrogen) atoms. The van der Waals surface area contributed by atoms with Crippen LogP contribution in [0.25, 0.3) is 0 Å². The zero-order chi connectivity index (χ0) is 14.8. The summed E-state index contributed by atoms with van der Waals surface area (Å²) in [5.41, 5.74) is 0.370. The lowest BCUT2D eigenvalue weighted by atomic mass is 10.2. The van der Waals surface area contributed by atoms with Gasteiger partial charge in [0.25, 0.3) is 5.56 Å². The maximum absolute atomic E-state index is 11.5. The van der Waals surface area contributed by atoms with Gasteiger partial charge in [-0.25, -0.2) is 10.1 Å². The Labute approximate surface area is 131 Å². The molecule has 1 aliphatic heterocycles. The molecule has 0 spiro atoms. The van der Waals surface area contributed by atoms with Crippen LogP contribution >= 0.6 is 22.9 Å². The van der Waals surface area contributed by atoms with Crippen LogP contribution in [0.5, 0.6) is 0 Å². The first-order chi connectivity index (χ1) is 10.2. The lowest BCUT2D eigenvalue weighted by Crippen LogP contribution is -2.47. The number of hydrogen-bond donors (Lipinski definition) is 1. The summed E-state index contributed by atoms with van der Waals surface area (Å²) in [6.45, 7) is 5.63. The fourth-order valence-electron chi connectivity index (χ4n) is 2.54. The van der Waals surface area contributed by atoms with Crippen molar-refractivity contribution >= 4 is 28.6 Å². The molecule has 0 amide bonds. The SMILES string of the molecule is CC(c1nccs1)N1CCN(c2cn[nH]c(=O)c2Cl)CC1. The number of piperazine rings is 1. The Morgan fingerprint density at radius 1 is 1.38 bits per heavy atom. The molecule has 0 aliphatic carbocycles. The Hall–Kier alpha value is -1.44. The van der Waals surface area contributed by atoms with Gasteiger partial charge in [-0.3, -0.25) is 9.69 Å². The van der Waals surface area contributed by atoms with Crippen molar-refractivity contribution in [3.05, 3.63) is 38.2 Å². The molecule has 1 saturated heterocycles. The average molecular weight is 326 g/mol. The zero-order valence-corrected chi connectivity index (χ0v) is 13.2. The molecule has 2 aromatic rings. The van der Waals surface area contributed by atoms with Crippen LogP contribution in [0.1, 0.15) is 18.0 Å². The van der Waals surface area contributed by atoms with Gasteiger partial charge < -0.3 is 4.90 Å². The van der Waals surface area contributed by atoms with Crippen LogP contribution in [0.3, 0.4) is 0 Å². The summed E-state index contributed by atoms with van der Waals surface area (Å²) in [4.78, 5) is 20.4. The number of rotatable bonds is 3. The Morgan fingerprint density at radius 2 is 2.14 bits per heavy atom. The van der Waals surface area contributed by atoms with Gasteiger partial charge in [-0.15, -0.1) is 11.3 Å². The number of aromatic amines is 1. The van der Waals surface area contributed by atoms with E-state index >= 15 is 0 Å². The van der Waals surface area contributed by atoms with Crippen LogP contribution in [-0.2, 0) is 0 Å². The number of nitrogens with zero attached hydrogens (tertiary/aromatic N) is 4. The van der Waals surface area contributed by atoms with Gasteiger partial charge in [-0.1, -0.05) is 11.6 Å². The maximum Gasteiger partial charge on any atom is 0.285 e. The van der Waals surface area contributed by atoms with Gasteiger partial charge in [-0.2, -0.15) is 5.10 Å². The van der Waals surface area contributed by atoms with E-state index in [2.05, 4.69) is 31.9 Å². The lowest BCUT2D eigenvalue weighted by molar-refractivity contribution is 0.198. The van der Waals surface area contributed by atoms with E-state index in [4.69, 9.17) is 11.6 Å². The fraction of sp³-hybridized carbons (Fsp3) is 0.462. The number of H-pyrrole nitrogens is 1. The number of anilines is 1.